The number of nitrogens with one attached hydrogen (secondary N) is 2. The molecule has 2 heterocycles. The molecule has 0 amide bonds. The molecule has 0 saturated carbocycles. The lowest BCUT2D eigenvalue weighted by molar-refractivity contribution is 0.578. The Labute approximate surface area is 130 Å². The normalized spacial score (nSPS) is 11.5. The van der Waals surface area contributed by atoms with E-state index in [2.05, 4.69) is 31.0 Å². The molecule has 0 aliphatic heterocycles. The van der Waals surface area contributed by atoms with Gasteiger partial charge in [-0.05, 0) is 47.1 Å². The van der Waals surface area contributed by atoms with Gasteiger partial charge in [-0.1, -0.05) is 0 Å². The first kappa shape index (κ1) is 15.4. The molecule has 2 rings (SSSR count). The van der Waals surface area contributed by atoms with Crippen molar-refractivity contribution in [2.24, 2.45) is 0 Å². The number of nitrogens with zero attached hydrogens (tertiary/aromatic N) is 1. The van der Waals surface area contributed by atoms with Gasteiger partial charge in [0.2, 0.25) is 0 Å². The van der Waals surface area contributed by atoms with Crippen molar-refractivity contribution in [3.05, 3.63) is 39.1 Å². The van der Waals surface area contributed by atoms with Crippen LogP contribution in [0.15, 0.2) is 39.3 Å². The molecule has 0 atom stereocenters. The molecule has 2 aromatic rings. The number of anilines is 1. The van der Waals surface area contributed by atoms with Gasteiger partial charge in [0.25, 0.3) is 10.0 Å². The third kappa shape index (κ3) is 3.78. The average molecular weight is 376 g/mol. The standard InChI is InChI=1S/C12H14BrN3O2S2/c1-2-14-10-4-3-7-15-12(10)20(17,18)16-8-9-5-6-11(13)19-9/h3-7,14,16H,2,8H2,1H3. The molecule has 0 aromatic carbocycles. The Bertz CT molecular complexity index is 686. The molecule has 8 heteroatoms. The first-order chi connectivity index (χ1) is 9.53. The lowest BCUT2D eigenvalue weighted by atomic mass is 10.4. The Morgan fingerprint density at radius 1 is 1.35 bits per heavy atom. The van der Waals surface area contributed by atoms with Crippen molar-refractivity contribution in [1.82, 2.24) is 9.71 Å². The van der Waals surface area contributed by atoms with Crippen LogP contribution in [0.1, 0.15) is 11.8 Å². The third-order valence-electron chi connectivity index (χ3n) is 2.46. The molecule has 0 fully saturated rings. The Kier molecular flexibility index (Phi) is 5.14. The molecule has 2 aromatic heterocycles. The number of halogens is 1. The Morgan fingerprint density at radius 3 is 2.80 bits per heavy atom. The predicted molar refractivity (Wildman–Crippen MR) is 84.4 cm³/mol. The lowest BCUT2D eigenvalue weighted by Crippen LogP contribution is -2.25. The molecule has 108 valence electrons. The summed E-state index contributed by atoms with van der Waals surface area (Å²) in [6.45, 7) is 2.78. The molecule has 2 N–H and O–H groups in total. The van der Waals surface area contributed by atoms with Crippen LogP contribution in [0, 0.1) is 0 Å². The van der Waals surface area contributed by atoms with Crippen LogP contribution in [0.3, 0.4) is 0 Å². The molecule has 0 bridgehead atoms. The SMILES string of the molecule is CCNc1cccnc1S(=O)(=O)NCc1ccc(Br)s1. The highest BCUT2D eigenvalue weighted by Gasteiger charge is 2.19. The minimum atomic E-state index is -3.63. The van der Waals surface area contributed by atoms with Crippen molar-refractivity contribution >= 4 is 43.0 Å². The smallest absolute Gasteiger partial charge is 0.260 e. The highest BCUT2D eigenvalue weighted by Crippen LogP contribution is 2.23. The van der Waals surface area contributed by atoms with Crippen molar-refractivity contribution in [2.45, 2.75) is 18.5 Å². The van der Waals surface area contributed by atoms with E-state index in [-0.39, 0.29) is 11.6 Å². The Balaban J connectivity index is 2.18. The number of hydrogen-bond donors (Lipinski definition) is 2. The number of rotatable bonds is 6. The molecule has 0 aliphatic rings. The van der Waals surface area contributed by atoms with E-state index in [1.54, 1.807) is 12.1 Å². The number of hydrogen-bond acceptors (Lipinski definition) is 5. The quantitative estimate of drug-likeness (QED) is 0.814. The zero-order chi connectivity index (χ0) is 14.6. The van der Waals surface area contributed by atoms with Crippen molar-refractivity contribution in [1.29, 1.82) is 0 Å². The summed E-state index contributed by atoms with van der Waals surface area (Å²) in [5.41, 5.74) is 0.509. The van der Waals surface area contributed by atoms with Crippen molar-refractivity contribution in [3.8, 4) is 0 Å². The molecule has 0 unspecified atom stereocenters. The summed E-state index contributed by atoms with van der Waals surface area (Å²) >= 11 is 4.84. The maximum atomic E-state index is 12.3. The first-order valence-electron chi connectivity index (χ1n) is 5.95. The van der Waals surface area contributed by atoms with Crippen LogP contribution in [-0.4, -0.2) is 19.9 Å². The van der Waals surface area contributed by atoms with Crippen molar-refractivity contribution in [2.75, 3.05) is 11.9 Å². The van der Waals surface area contributed by atoms with E-state index >= 15 is 0 Å². The third-order valence-corrected chi connectivity index (χ3v) is 5.44. The van der Waals surface area contributed by atoms with Gasteiger partial charge >= 0.3 is 0 Å². The van der Waals surface area contributed by atoms with E-state index in [0.29, 0.717) is 12.2 Å². The van der Waals surface area contributed by atoms with Gasteiger partial charge in [0, 0.05) is 24.2 Å². The van der Waals surface area contributed by atoms with E-state index in [1.165, 1.54) is 17.5 Å². The van der Waals surface area contributed by atoms with Gasteiger partial charge in [-0.15, -0.1) is 11.3 Å². The zero-order valence-corrected chi connectivity index (χ0v) is 14.0. The fourth-order valence-electron chi connectivity index (χ4n) is 1.61. The fraction of sp³-hybridized carbons (Fsp3) is 0.250. The van der Waals surface area contributed by atoms with Gasteiger partial charge in [-0.3, -0.25) is 0 Å². The van der Waals surface area contributed by atoms with E-state index in [9.17, 15) is 8.42 Å². The monoisotopic (exact) mass is 375 g/mol. The van der Waals surface area contributed by atoms with Gasteiger partial charge < -0.3 is 5.32 Å². The lowest BCUT2D eigenvalue weighted by Gasteiger charge is -2.10. The maximum absolute atomic E-state index is 12.3. The summed E-state index contributed by atoms with van der Waals surface area (Å²) < 4.78 is 28.1. The van der Waals surface area contributed by atoms with Crippen LogP contribution in [0.5, 0.6) is 0 Å². The second kappa shape index (κ2) is 6.66. The topological polar surface area (TPSA) is 71.1 Å². The molecule has 0 aliphatic carbocycles. The number of sulfonamides is 1. The van der Waals surface area contributed by atoms with Gasteiger partial charge in [0.15, 0.2) is 5.03 Å². The zero-order valence-electron chi connectivity index (χ0n) is 10.8. The highest BCUT2D eigenvalue weighted by molar-refractivity contribution is 9.11. The Hall–Kier alpha value is -0.960. The molecule has 0 saturated heterocycles. The summed E-state index contributed by atoms with van der Waals surface area (Å²) in [5.74, 6) is 0. The predicted octanol–water partition coefficient (Wildman–Crippen LogP) is 2.82. The molecule has 0 radical (unpaired) electrons. The molecular weight excluding hydrogens is 362 g/mol. The van der Waals surface area contributed by atoms with Crippen LogP contribution < -0.4 is 10.0 Å². The van der Waals surface area contributed by atoms with Gasteiger partial charge in [0.05, 0.1) is 9.47 Å². The van der Waals surface area contributed by atoms with Crippen LogP contribution in [0.25, 0.3) is 0 Å². The van der Waals surface area contributed by atoms with E-state index in [4.69, 9.17) is 0 Å². The minimum Gasteiger partial charge on any atom is -0.383 e. The minimum absolute atomic E-state index is 0.0254. The van der Waals surface area contributed by atoms with Gasteiger partial charge in [-0.25, -0.2) is 18.1 Å². The second-order valence-corrected chi connectivity index (χ2v) is 8.15. The van der Waals surface area contributed by atoms with Crippen molar-refractivity contribution < 1.29 is 8.42 Å². The average Bonchev–Trinajstić information content (AvgIpc) is 2.83. The summed E-state index contributed by atoms with van der Waals surface area (Å²) in [6.07, 6.45) is 1.47. The van der Waals surface area contributed by atoms with Gasteiger partial charge in [-0.2, -0.15) is 0 Å². The first-order valence-corrected chi connectivity index (χ1v) is 9.05. The van der Waals surface area contributed by atoms with E-state index in [1.807, 2.05) is 19.1 Å². The highest BCUT2D eigenvalue weighted by atomic mass is 79.9. The number of thiophene rings is 1. The van der Waals surface area contributed by atoms with E-state index in [0.717, 1.165) is 8.66 Å². The Morgan fingerprint density at radius 2 is 2.15 bits per heavy atom. The van der Waals surface area contributed by atoms with Crippen molar-refractivity contribution in [3.63, 3.8) is 0 Å². The summed E-state index contributed by atoms with van der Waals surface area (Å²) in [4.78, 5) is 4.90. The molecular formula is C12H14BrN3O2S2. The van der Waals surface area contributed by atoms with Gasteiger partial charge in [0.1, 0.15) is 0 Å². The van der Waals surface area contributed by atoms with Crippen LogP contribution in [-0.2, 0) is 16.6 Å². The molecule has 0 spiro atoms. The van der Waals surface area contributed by atoms with Crippen LogP contribution in [0.2, 0.25) is 0 Å². The van der Waals surface area contributed by atoms with Crippen LogP contribution >= 0.6 is 27.3 Å². The number of aromatic nitrogens is 1. The molecule has 5 nitrogen and oxygen atoms in total. The maximum Gasteiger partial charge on any atom is 0.260 e. The fourth-order valence-corrected chi connectivity index (χ4v) is 4.24. The molecule has 20 heavy (non-hydrogen) atoms. The summed E-state index contributed by atoms with van der Waals surface area (Å²) in [7, 11) is -3.63. The summed E-state index contributed by atoms with van der Waals surface area (Å²) in [5, 5.41) is 3.02. The second-order valence-electron chi connectivity index (χ2n) is 3.92. The number of pyridine rings is 1. The van der Waals surface area contributed by atoms with Crippen LogP contribution in [0.4, 0.5) is 5.69 Å². The van der Waals surface area contributed by atoms with E-state index < -0.39 is 10.0 Å². The largest absolute Gasteiger partial charge is 0.383 e. The summed E-state index contributed by atoms with van der Waals surface area (Å²) in [6, 6.07) is 7.17.